The third-order valence-electron chi connectivity index (χ3n) is 3.87. The van der Waals surface area contributed by atoms with Gasteiger partial charge in [0, 0.05) is 12.2 Å². The number of thioether (sulfide) groups is 1. The van der Waals surface area contributed by atoms with Crippen LogP contribution in [0.25, 0.3) is 11.4 Å². The van der Waals surface area contributed by atoms with Crippen molar-refractivity contribution in [3.05, 3.63) is 60.8 Å². The third kappa shape index (κ3) is 4.28. The fourth-order valence-electron chi connectivity index (χ4n) is 2.51. The second-order valence-electron chi connectivity index (χ2n) is 5.86. The van der Waals surface area contributed by atoms with Gasteiger partial charge in [0.15, 0.2) is 11.0 Å². The number of nitrogens with zero attached hydrogens (tertiary/aromatic N) is 3. The van der Waals surface area contributed by atoms with Gasteiger partial charge in [-0.15, -0.1) is 16.8 Å². The van der Waals surface area contributed by atoms with Gasteiger partial charge in [0.25, 0.3) is 0 Å². The van der Waals surface area contributed by atoms with Crippen LogP contribution in [0.3, 0.4) is 0 Å². The molecule has 2 heterocycles. The maximum absolute atomic E-state index is 13.3. The molecule has 1 N–H and O–H groups in total. The highest BCUT2D eigenvalue weighted by Gasteiger charge is 2.22. The molecule has 2 aromatic heterocycles. The molecule has 0 aliphatic rings. The smallest absolute Gasteiger partial charge is 0.237 e. The second kappa shape index (κ2) is 8.22. The van der Waals surface area contributed by atoms with Gasteiger partial charge in [0.2, 0.25) is 5.91 Å². The fourth-order valence-corrected chi connectivity index (χ4v) is 3.37. The van der Waals surface area contributed by atoms with E-state index in [0.29, 0.717) is 23.2 Å². The van der Waals surface area contributed by atoms with Crippen molar-refractivity contribution in [3.8, 4) is 11.4 Å². The number of aryl methyl sites for hydroxylation is 1. The Morgan fingerprint density at radius 3 is 2.93 bits per heavy atom. The number of hydrogen-bond acceptors (Lipinski definition) is 5. The van der Waals surface area contributed by atoms with Crippen molar-refractivity contribution >= 4 is 23.4 Å². The molecule has 0 aliphatic heterocycles. The highest BCUT2D eigenvalue weighted by Crippen LogP contribution is 2.29. The number of allylic oxidation sites excluding steroid dienone is 1. The summed E-state index contributed by atoms with van der Waals surface area (Å²) >= 11 is 1.27. The van der Waals surface area contributed by atoms with Crippen LogP contribution in [0.4, 0.5) is 10.1 Å². The molecule has 0 fully saturated rings. The topological polar surface area (TPSA) is 73.0 Å². The zero-order valence-electron chi connectivity index (χ0n) is 15.0. The Labute approximate surface area is 160 Å². The number of benzene rings is 1. The molecule has 140 valence electrons. The number of amides is 1. The molecular weight excluding hydrogens is 367 g/mol. The van der Waals surface area contributed by atoms with Crippen molar-refractivity contribution in [2.45, 2.75) is 30.8 Å². The molecule has 6 nitrogen and oxygen atoms in total. The molecule has 0 unspecified atom stereocenters. The molecule has 0 saturated heterocycles. The summed E-state index contributed by atoms with van der Waals surface area (Å²) < 4.78 is 20.5. The van der Waals surface area contributed by atoms with E-state index in [9.17, 15) is 9.18 Å². The molecule has 0 saturated carbocycles. The summed E-state index contributed by atoms with van der Waals surface area (Å²) in [6.45, 7) is 7.88. The minimum atomic E-state index is -0.459. The zero-order valence-corrected chi connectivity index (χ0v) is 15.8. The summed E-state index contributed by atoms with van der Waals surface area (Å²) in [6.07, 6.45) is 3.34. The first-order valence-corrected chi connectivity index (χ1v) is 9.19. The predicted molar refractivity (Wildman–Crippen MR) is 103 cm³/mol. The van der Waals surface area contributed by atoms with Crippen LogP contribution < -0.4 is 5.32 Å². The molecule has 27 heavy (non-hydrogen) atoms. The molecule has 1 amide bonds. The van der Waals surface area contributed by atoms with Gasteiger partial charge in [-0.25, -0.2) is 4.39 Å². The Bertz CT molecular complexity index is 966. The first kappa shape index (κ1) is 18.9. The van der Waals surface area contributed by atoms with Crippen molar-refractivity contribution in [2.24, 2.45) is 0 Å². The largest absolute Gasteiger partial charge is 0.469 e. The SMILES string of the molecule is C=CCn1c(S[C@@H](C)C(=O)Nc2cccc(F)c2)nnc1-c1ccoc1C. The maximum atomic E-state index is 13.3. The first-order chi connectivity index (χ1) is 13.0. The van der Waals surface area contributed by atoms with E-state index in [1.54, 1.807) is 31.4 Å². The fraction of sp³-hybridized carbons (Fsp3) is 0.211. The van der Waals surface area contributed by atoms with Crippen LogP contribution in [0.15, 0.2) is 58.8 Å². The molecule has 3 rings (SSSR count). The zero-order chi connectivity index (χ0) is 19.4. The number of halogens is 1. The number of anilines is 1. The van der Waals surface area contributed by atoms with E-state index in [1.165, 1.54) is 23.9 Å². The van der Waals surface area contributed by atoms with Crippen molar-refractivity contribution in [3.63, 3.8) is 0 Å². The Morgan fingerprint density at radius 1 is 1.44 bits per heavy atom. The van der Waals surface area contributed by atoms with Crippen LogP contribution in [0.5, 0.6) is 0 Å². The molecule has 0 radical (unpaired) electrons. The van der Waals surface area contributed by atoms with Crippen LogP contribution in [0.2, 0.25) is 0 Å². The average molecular weight is 386 g/mol. The van der Waals surface area contributed by atoms with Crippen molar-refractivity contribution in [2.75, 3.05) is 5.32 Å². The number of furan rings is 1. The van der Waals surface area contributed by atoms with E-state index >= 15 is 0 Å². The summed E-state index contributed by atoms with van der Waals surface area (Å²) in [7, 11) is 0. The Balaban J connectivity index is 1.78. The quantitative estimate of drug-likeness (QED) is 0.484. The minimum absolute atomic E-state index is 0.250. The number of aromatic nitrogens is 3. The van der Waals surface area contributed by atoms with Gasteiger partial charge in [-0.3, -0.25) is 9.36 Å². The second-order valence-corrected chi connectivity index (χ2v) is 7.16. The van der Waals surface area contributed by atoms with E-state index in [-0.39, 0.29) is 5.91 Å². The number of nitrogens with one attached hydrogen (secondary N) is 1. The molecular formula is C19H19FN4O2S. The van der Waals surface area contributed by atoms with Crippen LogP contribution in [0, 0.1) is 12.7 Å². The summed E-state index contributed by atoms with van der Waals surface area (Å²) in [5, 5.41) is 11.3. The van der Waals surface area contributed by atoms with Crippen molar-refractivity contribution in [1.82, 2.24) is 14.8 Å². The van der Waals surface area contributed by atoms with Crippen LogP contribution >= 0.6 is 11.8 Å². The summed E-state index contributed by atoms with van der Waals surface area (Å²) in [5.41, 5.74) is 1.25. The molecule has 8 heteroatoms. The van der Waals surface area contributed by atoms with E-state index in [1.807, 2.05) is 17.6 Å². The van der Waals surface area contributed by atoms with Crippen LogP contribution in [0.1, 0.15) is 12.7 Å². The van der Waals surface area contributed by atoms with Crippen molar-refractivity contribution < 1.29 is 13.6 Å². The van der Waals surface area contributed by atoms with E-state index in [2.05, 4.69) is 22.1 Å². The predicted octanol–water partition coefficient (Wildman–Crippen LogP) is 4.29. The standard InChI is InChI=1S/C19H19FN4O2S/c1-4-9-24-17(16-8-10-26-12(16)2)22-23-19(24)27-13(3)18(25)21-15-7-5-6-14(20)11-15/h4-8,10-11,13H,1,9H2,2-3H3,(H,21,25)/t13-/m0/s1. The summed E-state index contributed by atoms with van der Waals surface area (Å²) in [6, 6.07) is 7.61. The van der Waals surface area contributed by atoms with Gasteiger partial charge < -0.3 is 9.73 Å². The van der Waals surface area contributed by atoms with Gasteiger partial charge in [-0.05, 0) is 38.1 Å². The Kier molecular flexibility index (Phi) is 5.75. The maximum Gasteiger partial charge on any atom is 0.237 e. The van der Waals surface area contributed by atoms with Crippen LogP contribution in [-0.2, 0) is 11.3 Å². The van der Waals surface area contributed by atoms with Gasteiger partial charge in [0.05, 0.1) is 17.1 Å². The molecule has 0 aliphatic carbocycles. The molecule has 0 spiro atoms. The number of hydrogen-bond donors (Lipinski definition) is 1. The Morgan fingerprint density at radius 2 is 2.26 bits per heavy atom. The lowest BCUT2D eigenvalue weighted by Gasteiger charge is -2.13. The summed E-state index contributed by atoms with van der Waals surface area (Å²) in [4.78, 5) is 12.4. The van der Waals surface area contributed by atoms with Crippen molar-refractivity contribution in [1.29, 1.82) is 0 Å². The lowest BCUT2D eigenvalue weighted by molar-refractivity contribution is -0.115. The minimum Gasteiger partial charge on any atom is -0.469 e. The number of carbonyl (C=O) groups excluding carboxylic acids is 1. The van der Waals surface area contributed by atoms with Gasteiger partial charge in [-0.1, -0.05) is 23.9 Å². The van der Waals surface area contributed by atoms with E-state index < -0.39 is 11.1 Å². The first-order valence-electron chi connectivity index (χ1n) is 8.31. The molecule has 1 aromatic carbocycles. The van der Waals surface area contributed by atoms with E-state index in [0.717, 1.165) is 11.3 Å². The highest BCUT2D eigenvalue weighted by atomic mass is 32.2. The van der Waals surface area contributed by atoms with Gasteiger partial charge in [0.1, 0.15) is 11.6 Å². The molecule has 3 aromatic rings. The van der Waals surface area contributed by atoms with Gasteiger partial charge in [-0.2, -0.15) is 0 Å². The van der Waals surface area contributed by atoms with E-state index in [4.69, 9.17) is 4.42 Å². The lowest BCUT2D eigenvalue weighted by atomic mass is 10.2. The average Bonchev–Trinajstić information content (AvgIpc) is 3.21. The normalized spacial score (nSPS) is 12.0. The monoisotopic (exact) mass is 386 g/mol. The van der Waals surface area contributed by atoms with Gasteiger partial charge >= 0.3 is 0 Å². The molecule has 1 atom stereocenters. The van der Waals surface area contributed by atoms with Crippen LogP contribution in [-0.4, -0.2) is 25.9 Å². The summed E-state index contributed by atoms with van der Waals surface area (Å²) in [5.74, 6) is 0.737. The number of rotatable bonds is 7. The number of carbonyl (C=O) groups is 1. The Hall–Kier alpha value is -2.87. The highest BCUT2D eigenvalue weighted by molar-refractivity contribution is 8.00. The lowest BCUT2D eigenvalue weighted by Crippen LogP contribution is -2.23. The third-order valence-corrected chi connectivity index (χ3v) is 4.95. The molecule has 0 bridgehead atoms.